The second-order valence-corrected chi connectivity index (χ2v) is 2.56. The predicted molar refractivity (Wildman–Crippen MR) is 40.7 cm³/mol. The van der Waals surface area contributed by atoms with Gasteiger partial charge in [0, 0.05) is 19.1 Å². The number of hydrogen-bond acceptors (Lipinski definition) is 3. The van der Waals surface area contributed by atoms with Gasteiger partial charge in [0.2, 0.25) is 0 Å². The van der Waals surface area contributed by atoms with Gasteiger partial charge >= 0.3 is 0 Å². The first kappa shape index (κ1) is 7.98. The Morgan fingerprint density at radius 2 is 2.50 bits per heavy atom. The lowest BCUT2D eigenvalue weighted by Gasteiger charge is -2.23. The normalized spacial score (nSPS) is 26.1. The summed E-state index contributed by atoms with van der Waals surface area (Å²) in [6.07, 6.45) is 1.21. The van der Waals surface area contributed by atoms with Crippen LogP contribution in [0, 0.1) is 0 Å². The number of hydroxylamine groups is 2. The molecule has 10 heavy (non-hydrogen) atoms. The van der Waals surface area contributed by atoms with Gasteiger partial charge < -0.3 is 10.2 Å². The standard InChI is InChI=1S/C7H16N2O/c1-3-9(10-2)7-4-5-8-6-7/h7-8H,3-6H2,1-2H3. The number of likely N-dealkylation sites (N-methyl/N-ethyl adjacent to an activating group) is 1. The van der Waals surface area contributed by atoms with Crippen molar-refractivity contribution in [3.8, 4) is 0 Å². The van der Waals surface area contributed by atoms with Crippen LogP contribution in [-0.4, -0.2) is 37.8 Å². The number of hydrogen-bond donors (Lipinski definition) is 1. The summed E-state index contributed by atoms with van der Waals surface area (Å²) in [6, 6.07) is 0.593. The Labute approximate surface area is 62.3 Å². The monoisotopic (exact) mass is 144 g/mol. The molecule has 1 atom stereocenters. The summed E-state index contributed by atoms with van der Waals surface area (Å²) in [5.74, 6) is 0. The molecule has 0 spiro atoms. The van der Waals surface area contributed by atoms with Crippen molar-refractivity contribution < 1.29 is 4.84 Å². The lowest BCUT2D eigenvalue weighted by Crippen LogP contribution is -2.35. The summed E-state index contributed by atoms with van der Waals surface area (Å²) >= 11 is 0. The Morgan fingerprint density at radius 1 is 1.70 bits per heavy atom. The summed E-state index contributed by atoms with van der Waals surface area (Å²) in [7, 11) is 1.74. The average Bonchev–Trinajstić information content (AvgIpc) is 2.43. The van der Waals surface area contributed by atoms with E-state index in [4.69, 9.17) is 4.84 Å². The highest BCUT2D eigenvalue weighted by molar-refractivity contribution is 4.75. The summed E-state index contributed by atoms with van der Waals surface area (Å²) in [5, 5.41) is 5.33. The smallest absolute Gasteiger partial charge is 0.0575 e. The second-order valence-electron chi connectivity index (χ2n) is 2.56. The molecule has 1 rings (SSSR count). The van der Waals surface area contributed by atoms with E-state index in [1.54, 1.807) is 7.11 Å². The van der Waals surface area contributed by atoms with Crippen LogP contribution < -0.4 is 5.32 Å². The van der Waals surface area contributed by atoms with Crippen molar-refractivity contribution in [3.05, 3.63) is 0 Å². The van der Waals surface area contributed by atoms with Crippen molar-refractivity contribution >= 4 is 0 Å². The molecule has 1 heterocycles. The van der Waals surface area contributed by atoms with Crippen molar-refractivity contribution in [2.75, 3.05) is 26.7 Å². The third-order valence-electron chi connectivity index (χ3n) is 1.99. The first-order chi connectivity index (χ1) is 4.88. The van der Waals surface area contributed by atoms with E-state index in [0.29, 0.717) is 6.04 Å². The molecule has 60 valence electrons. The molecule has 0 aromatic rings. The highest BCUT2D eigenvalue weighted by Gasteiger charge is 2.20. The fraction of sp³-hybridized carbons (Fsp3) is 1.00. The molecule has 0 saturated carbocycles. The summed E-state index contributed by atoms with van der Waals surface area (Å²) in [4.78, 5) is 5.18. The summed E-state index contributed by atoms with van der Waals surface area (Å²) in [6.45, 7) is 5.29. The largest absolute Gasteiger partial charge is 0.315 e. The molecule has 1 fully saturated rings. The van der Waals surface area contributed by atoms with Gasteiger partial charge in [-0.05, 0) is 13.0 Å². The van der Waals surface area contributed by atoms with Crippen LogP contribution >= 0.6 is 0 Å². The Morgan fingerprint density at radius 3 is 2.90 bits per heavy atom. The minimum atomic E-state index is 0.593. The van der Waals surface area contributed by atoms with Crippen LogP contribution in [0.25, 0.3) is 0 Å². The molecule has 0 aliphatic carbocycles. The molecule has 0 bridgehead atoms. The first-order valence-electron chi connectivity index (χ1n) is 3.90. The van der Waals surface area contributed by atoms with E-state index in [2.05, 4.69) is 12.2 Å². The van der Waals surface area contributed by atoms with Crippen LogP contribution in [0.5, 0.6) is 0 Å². The van der Waals surface area contributed by atoms with Crippen molar-refractivity contribution in [1.29, 1.82) is 0 Å². The Bertz CT molecular complexity index is 87.6. The molecular formula is C7H16N2O. The van der Waals surface area contributed by atoms with Gasteiger partial charge in [0.05, 0.1) is 7.11 Å². The van der Waals surface area contributed by atoms with Gasteiger partial charge in [-0.2, -0.15) is 5.06 Å². The Hall–Kier alpha value is -0.120. The lowest BCUT2D eigenvalue weighted by molar-refractivity contribution is -0.153. The fourth-order valence-corrected chi connectivity index (χ4v) is 1.42. The SMILES string of the molecule is CCN(OC)C1CCNC1. The average molecular weight is 144 g/mol. The molecule has 0 amide bonds. The highest BCUT2D eigenvalue weighted by atomic mass is 16.7. The van der Waals surface area contributed by atoms with E-state index in [9.17, 15) is 0 Å². The van der Waals surface area contributed by atoms with Gasteiger partial charge in [-0.3, -0.25) is 0 Å². The molecule has 1 saturated heterocycles. The van der Waals surface area contributed by atoms with E-state index in [-0.39, 0.29) is 0 Å². The van der Waals surface area contributed by atoms with Crippen LogP contribution in [0.2, 0.25) is 0 Å². The van der Waals surface area contributed by atoms with E-state index in [0.717, 1.165) is 19.6 Å². The summed E-state index contributed by atoms with van der Waals surface area (Å²) in [5.41, 5.74) is 0. The molecule has 0 aromatic carbocycles. The van der Waals surface area contributed by atoms with Gasteiger partial charge in [-0.25, -0.2) is 0 Å². The molecule has 1 unspecified atom stereocenters. The zero-order chi connectivity index (χ0) is 7.40. The van der Waals surface area contributed by atoms with E-state index in [1.807, 2.05) is 5.06 Å². The molecule has 1 aliphatic rings. The molecular weight excluding hydrogens is 128 g/mol. The second kappa shape index (κ2) is 3.91. The first-order valence-corrected chi connectivity index (χ1v) is 3.90. The quantitative estimate of drug-likeness (QED) is 0.574. The molecule has 1 N–H and O–H groups in total. The van der Waals surface area contributed by atoms with Crippen molar-refractivity contribution in [2.45, 2.75) is 19.4 Å². The van der Waals surface area contributed by atoms with Gasteiger partial charge in [0.25, 0.3) is 0 Å². The maximum atomic E-state index is 5.18. The lowest BCUT2D eigenvalue weighted by atomic mass is 10.2. The van der Waals surface area contributed by atoms with Gasteiger partial charge in [0.1, 0.15) is 0 Å². The van der Waals surface area contributed by atoms with Gasteiger partial charge in [0.15, 0.2) is 0 Å². The van der Waals surface area contributed by atoms with Crippen LogP contribution in [0.3, 0.4) is 0 Å². The van der Waals surface area contributed by atoms with Crippen LogP contribution in [0.15, 0.2) is 0 Å². The predicted octanol–water partition coefficient (Wildman–Crippen LogP) is 0.232. The number of nitrogens with zero attached hydrogens (tertiary/aromatic N) is 1. The van der Waals surface area contributed by atoms with Crippen LogP contribution in [0.4, 0.5) is 0 Å². The maximum absolute atomic E-state index is 5.18. The zero-order valence-corrected chi connectivity index (χ0v) is 6.76. The fourth-order valence-electron chi connectivity index (χ4n) is 1.42. The molecule has 0 radical (unpaired) electrons. The molecule has 3 heteroatoms. The Kier molecular flexibility index (Phi) is 3.12. The minimum absolute atomic E-state index is 0.593. The van der Waals surface area contributed by atoms with E-state index < -0.39 is 0 Å². The van der Waals surface area contributed by atoms with Crippen LogP contribution in [-0.2, 0) is 4.84 Å². The summed E-state index contributed by atoms with van der Waals surface area (Å²) < 4.78 is 0. The Balaban J connectivity index is 2.29. The topological polar surface area (TPSA) is 24.5 Å². The van der Waals surface area contributed by atoms with Crippen molar-refractivity contribution in [2.24, 2.45) is 0 Å². The maximum Gasteiger partial charge on any atom is 0.0575 e. The van der Waals surface area contributed by atoms with E-state index >= 15 is 0 Å². The van der Waals surface area contributed by atoms with Crippen molar-refractivity contribution in [1.82, 2.24) is 10.4 Å². The zero-order valence-electron chi connectivity index (χ0n) is 6.76. The molecule has 3 nitrogen and oxygen atoms in total. The minimum Gasteiger partial charge on any atom is -0.315 e. The third kappa shape index (κ3) is 1.68. The van der Waals surface area contributed by atoms with E-state index in [1.165, 1.54) is 6.42 Å². The van der Waals surface area contributed by atoms with Crippen LogP contribution in [0.1, 0.15) is 13.3 Å². The number of rotatable bonds is 3. The molecule has 0 aromatic heterocycles. The molecule has 1 aliphatic heterocycles. The van der Waals surface area contributed by atoms with Gasteiger partial charge in [-0.1, -0.05) is 6.92 Å². The van der Waals surface area contributed by atoms with Crippen molar-refractivity contribution in [3.63, 3.8) is 0 Å². The van der Waals surface area contributed by atoms with Gasteiger partial charge in [-0.15, -0.1) is 0 Å². The highest BCUT2D eigenvalue weighted by Crippen LogP contribution is 2.06. The third-order valence-corrected chi connectivity index (χ3v) is 1.99. The number of nitrogens with one attached hydrogen (secondary N) is 1.